The monoisotopic (exact) mass is 354 g/mol. The summed E-state index contributed by atoms with van der Waals surface area (Å²) in [5.74, 6) is -0.0802. The second-order valence-electron chi connectivity index (χ2n) is 5.66. The molecule has 1 aliphatic rings. The molecule has 1 saturated carbocycles. The zero-order valence-electron chi connectivity index (χ0n) is 12.3. The van der Waals surface area contributed by atoms with Crippen molar-refractivity contribution in [3.05, 3.63) is 28.2 Å². The molecule has 1 atom stereocenters. The van der Waals surface area contributed by atoms with Crippen LogP contribution in [0, 0.1) is 6.92 Å². The summed E-state index contributed by atoms with van der Waals surface area (Å²) in [5, 5.41) is 5.77. The smallest absolute Gasteiger partial charge is 0.279 e. The molecule has 1 aromatic rings. The van der Waals surface area contributed by atoms with Gasteiger partial charge in [-0.25, -0.2) is 0 Å². The first-order valence-corrected chi connectivity index (χ1v) is 7.90. The van der Waals surface area contributed by atoms with Crippen molar-refractivity contribution in [3.63, 3.8) is 0 Å². The van der Waals surface area contributed by atoms with E-state index in [2.05, 4.69) is 26.6 Å². The molecule has 21 heavy (non-hydrogen) atoms. The molecule has 0 saturated heterocycles. The largest absolute Gasteiger partial charge is 0.348 e. The second-order valence-corrected chi connectivity index (χ2v) is 6.52. The van der Waals surface area contributed by atoms with Crippen molar-refractivity contribution < 1.29 is 14.5 Å². The third-order valence-electron chi connectivity index (χ3n) is 3.32. The third-order valence-corrected chi connectivity index (χ3v) is 4.18. The highest BCUT2D eigenvalue weighted by atomic mass is 79.9. The van der Waals surface area contributed by atoms with Gasteiger partial charge in [-0.1, -0.05) is 22.0 Å². The maximum atomic E-state index is 12.0. The van der Waals surface area contributed by atoms with Crippen LogP contribution in [0.25, 0.3) is 0 Å². The first-order chi connectivity index (χ1) is 9.94. The summed E-state index contributed by atoms with van der Waals surface area (Å²) >= 11 is 3.44. The van der Waals surface area contributed by atoms with E-state index in [4.69, 9.17) is 0 Å². The van der Waals surface area contributed by atoms with E-state index in [1.54, 1.807) is 0 Å². The molecule has 0 aromatic heterocycles. The topological polar surface area (TPSA) is 62.6 Å². The van der Waals surface area contributed by atoms with Gasteiger partial charge < -0.3 is 15.5 Å². The van der Waals surface area contributed by atoms with Crippen LogP contribution in [0.4, 0.5) is 5.69 Å². The minimum atomic E-state index is -0.0949. The number of carbonyl (C=O) groups excluding carboxylic acids is 2. The van der Waals surface area contributed by atoms with Gasteiger partial charge in [0.05, 0.1) is 7.05 Å². The summed E-state index contributed by atoms with van der Waals surface area (Å²) in [6.07, 6.45) is 2.15. The molecule has 0 aliphatic heterocycles. The summed E-state index contributed by atoms with van der Waals surface area (Å²) in [7, 11) is 1.84. The van der Waals surface area contributed by atoms with Crippen molar-refractivity contribution >= 4 is 33.4 Å². The predicted molar refractivity (Wildman–Crippen MR) is 85.3 cm³/mol. The highest BCUT2D eigenvalue weighted by Crippen LogP contribution is 2.20. The molecule has 6 heteroatoms. The average molecular weight is 355 g/mol. The Morgan fingerprint density at radius 3 is 2.57 bits per heavy atom. The van der Waals surface area contributed by atoms with Gasteiger partial charge in [-0.15, -0.1) is 0 Å². The van der Waals surface area contributed by atoms with Crippen LogP contribution < -0.4 is 15.5 Å². The lowest BCUT2D eigenvalue weighted by molar-refractivity contribution is -0.862. The Balaban J connectivity index is 1.77. The molecule has 0 spiro atoms. The third kappa shape index (κ3) is 5.47. The van der Waals surface area contributed by atoms with E-state index in [0.29, 0.717) is 12.6 Å². The van der Waals surface area contributed by atoms with Crippen LogP contribution in [-0.2, 0) is 9.59 Å². The van der Waals surface area contributed by atoms with E-state index in [9.17, 15) is 9.59 Å². The van der Waals surface area contributed by atoms with Crippen LogP contribution in [0.1, 0.15) is 18.4 Å². The minimum absolute atomic E-state index is 0.0147. The number of nitrogens with one attached hydrogen (secondary N) is 3. The Hall–Kier alpha value is -1.40. The van der Waals surface area contributed by atoms with E-state index in [-0.39, 0.29) is 18.4 Å². The molecule has 2 amide bonds. The van der Waals surface area contributed by atoms with Crippen molar-refractivity contribution in [1.29, 1.82) is 0 Å². The van der Waals surface area contributed by atoms with Gasteiger partial charge in [-0.3, -0.25) is 9.59 Å². The Morgan fingerprint density at radius 2 is 1.95 bits per heavy atom. The second kappa shape index (κ2) is 7.04. The number of hydrogen-bond donors (Lipinski definition) is 3. The van der Waals surface area contributed by atoms with E-state index in [1.807, 2.05) is 32.2 Å². The van der Waals surface area contributed by atoms with E-state index >= 15 is 0 Å². The molecule has 1 aromatic carbocycles. The molecular formula is C15H21BrN3O2+. The molecule has 2 rings (SSSR count). The Bertz CT molecular complexity index is 544. The fourth-order valence-electron chi connectivity index (χ4n) is 1.99. The molecule has 1 unspecified atom stereocenters. The van der Waals surface area contributed by atoms with Gasteiger partial charge >= 0.3 is 0 Å². The number of carbonyl (C=O) groups is 2. The van der Waals surface area contributed by atoms with Crippen molar-refractivity contribution in [1.82, 2.24) is 5.32 Å². The maximum Gasteiger partial charge on any atom is 0.279 e. The lowest BCUT2D eigenvalue weighted by Crippen LogP contribution is -3.11. The Morgan fingerprint density at radius 1 is 1.29 bits per heavy atom. The number of anilines is 1. The van der Waals surface area contributed by atoms with Gasteiger partial charge in [0.2, 0.25) is 0 Å². The van der Waals surface area contributed by atoms with Gasteiger partial charge in [-0.05, 0) is 37.5 Å². The van der Waals surface area contributed by atoms with E-state index < -0.39 is 0 Å². The van der Waals surface area contributed by atoms with Gasteiger partial charge in [0.25, 0.3) is 11.8 Å². The normalized spacial score (nSPS) is 15.4. The molecule has 0 radical (unpaired) electrons. The van der Waals surface area contributed by atoms with Crippen LogP contribution in [-0.4, -0.2) is 38.0 Å². The predicted octanol–water partition coefficient (Wildman–Crippen LogP) is 0.489. The molecule has 3 N–H and O–H groups in total. The molecule has 1 aliphatic carbocycles. The number of benzene rings is 1. The SMILES string of the molecule is Cc1ccc(NC(=O)C[NH+](C)CC(=O)NC2CC2)cc1Br. The Kier molecular flexibility index (Phi) is 5.36. The van der Waals surface area contributed by atoms with Gasteiger partial charge in [0, 0.05) is 16.2 Å². The van der Waals surface area contributed by atoms with Gasteiger partial charge in [0.15, 0.2) is 13.1 Å². The Labute approximate surface area is 133 Å². The van der Waals surface area contributed by atoms with Crippen molar-refractivity contribution in [2.24, 2.45) is 0 Å². The molecule has 1 fully saturated rings. The standard InChI is InChI=1S/C15H20BrN3O2/c1-10-3-4-12(7-13(10)16)18-15(21)9-19(2)8-14(20)17-11-5-6-11/h3-4,7,11H,5-6,8-9H2,1-2H3,(H,17,20)(H,18,21)/p+1. The van der Waals surface area contributed by atoms with Gasteiger partial charge in [-0.2, -0.15) is 0 Å². The minimum Gasteiger partial charge on any atom is -0.348 e. The fraction of sp³-hybridized carbons (Fsp3) is 0.467. The quantitative estimate of drug-likeness (QED) is 0.696. The maximum absolute atomic E-state index is 12.0. The molecule has 114 valence electrons. The van der Waals surface area contributed by atoms with Gasteiger partial charge in [0.1, 0.15) is 0 Å². The first-order valence-electron chi connectivity index (χ1n) is 7.10. The first kappa shape index (κ1) is 16.0. The summed E-state index contributed by atoms with van der Waals surface area (Å²) in [5.41, 5.74) is 1.88. The zero-order chi connectivity index (χ0) is 15.4. The summed E-state index contributed by atoms with van der Waals surface area (Å²) in [4.78, 5) is 24.5. The van der Waals surface area contributed by atoms with Crippen molar-refractivity contribution in [2.45, 2.75) is 25.8 Å². The van der Waals surface area contributed by atoms with E-state index in [0.717, 1.165) is 33.5 Å². The number of hydrogen-bond acceptors (Lipinski definition) is 2. The number of halogens is 1. The number of quaternary nitrogens is 1. The number of aryl methyl sites for hydroxylation is 1. The molecule has 0 bridgehead atoms. The summed E-state index contributed by atoms with van der Waals surface area (Å²) < 4.78 is 0.963. The van der Waals surface area contributed by atoms with Crippen LogP contribution >= 0.6 is 15.9 Å². The highest BCUT2D eigenvalue weighted by molar-refractivity contribution is 9.10. The number of rotatable bonds is 6. The molecule has 0 heterocycles. The van der Waals surface area contributed by atoms with Crippen LogP contribution in [0.15, 0.2) is 22.7 Å². The van der Waals surface area contributed by atoms with Crippen molar-refractivity contribution in [2.75, 3.05) is 25.5 Å². The van der Waals surface area contributed by atoms with Crippen LogP contribution in [0.3, 0.4) is 0 Å². The number of likely N-dealkylation sites (N-methyl/N-ethyl adjacent to an activating group) is 1. The zero-order valence-corrected chi connectivity index (χ0v) is 13.9. The fourth-order valence-corrected chi connectivity index (χ4v) is 2.37. The molecular weight excluding hydrogens is 334 g/mol. The van der Waals surface area contributed by atoms with Crippen LogP contribution in [0.5, 0.6) is 0 Å². The van der Waals surface area contributed by atoms with Crippen LogP contribution in [0.2, 0.25) is 0 Å². The number of amides is 2. The summed E-state index contributed by atoms with van der Waals surface area (Å²) in [6.45, 7) is 2.58. The van der Waals surface area contributed by atoms with E-state index in [1.165, 1.54) is 0 Å². The van der Waals surface area contributed by atoms with Crippen molar-refractivity contribution in [3.8, 4) is 0 Å². The lowest BCUT2D eigenvalue weighted by Gasteiger charge is -2.14. The lowest BCUT2D eigenvalue weighted by atomic mass is 10.2. The molecule has 5 nitrogen and oxygen atoms in total. The highest BCUT2D eigenvalue weighted by Gasteiger charge is 2.24. The summed E-state index contributed by atoms with van der Waals surface area (Å²) in [6, 6.07) is 6.05. The average Bonchev–Trinajstić information content (AvgIpc) is 3.17.